The lowest BCUT2D eigenvalue weighted by Gasteiger charge is -2.10. The predicted molar refractivity (Wildman–Crippen MR) is 45.3 cm³/mol. The van der Waals surface area contributed by atoms with Crippen LogP contribution in [-0.2, 0) is 0 Å². The van der Waals surface area contributed by atoms with E-state index in [4.69, 9.17) is 5.73 Å². The highest BCUT2D eigenvalue weighted by Gasteiger charge is 2.05. The van der Waals surface area contributed by atoms with E-state index in [1.807, 2.05) is 0 Å². The molecule has 0 saturated carbocycles. The van der Waals surface area contributed by atoms with Crippen molar-refractivity contribution in [3.63, 3.8) is 0 Å². The zero-order chi connectivity index (χ0) is 8.27. The minimum atomic E-state index is -0.612. The highest BCUT2D eigenvalue weighted by molar-refractivity contribution is 7.82. The second-order valence-electron chi connectivity index (χ2n) is 1.86. The normalized spacial score (nSPS) is 9.18. The highest BCUT2D eigenvalue weighted by Crippen LogP contribution is 2.12. The number of anilines is 1. The van der Waals surface area contributed by atoms with Crippen LogP contribution in [0.4, 0.5) is 10.5 Å². The molecule has 0 aliphatic rings. The molecule has 0 radical (unpaired) electrons. The van der Waals surface area contributed by atoms with E-state index in [9.17, 15) is 4.79 Å². The Bertz CT molecular complexity index is 251. The van der Waals surface area contributed by atoms with Gasteiger partial charge in [-0.3, -0.25) is 4.98 Å². The number of hydrogen-bond acceptors (Lipinski definition) is 3. The summed E-state index contributed by atoms with van der Waals surface area (Å²) in [7, 11) is 0. The SMILES string of the molecule is NC(=O)N(S)c1ccncc1. The molecule has 0 aromatic carbocycles. The van der Waals surface area contributed by atoms with E-state index in [0.29, 0.717) is 5.69 Å². The van der Waals surface area contributed by atoms with Crippen LogP contribution in [-0.4, -0.2) is 11.0 Å². The maximum atomic E-state index is 10.6. The third kappa shape index (κ3) is 1.84. The van der Waals surface area contributed by atoms with Crippen molar-refractivity contribution < 1.29 is 4.79 Å². The van der Waals surface area contributed by atoms with Gasteiger partial charge in [-0.15, -0.1) is 0 Å². The first kappa shape index (κ1) is 7.87. The standard InChI is InChI=1S/C6H7N3OS/c7-6(10)9(11)5-1-3-8-4-2-5/h1-4,11H,(H2,7,10). The zero-order valence-electron chi connectivity index (χ0n) is 5.64. The molecule has 0 unspecified atom stereocenters. The lowest BCUT2D eigenvalue weighted by molar-refractivity contribution is 0.257. The first-order chi connectivity index (χ1) is 5.22. The highest BCUT2D eigenvalue weighted by atomic mass is 32.1. The molecule has 4 nitrogen and oxygen atoms in total. The average Bonchev–Trinajstić information content (AvgIpc) is 2.05. The number of amides is 2. The number of nitrogens with zero attached hydrogens (tertiary/aromatic N) is 2. The molecule has 1 aromatic heterocycles. The summed E-state index contributed by atoms with van der Waals surface area (Å²) in [6.07, 6.45) is 3.11. The van der Waals surface area contributed by atoms with Crippen LogP contribution < -0.4 is 10.0 Å². The van der Waals surface area contributed by atoms with Crippen LogP contribution in [0.2, 0.25) is 0 Å². The molecule has 11 heavy (non-hydrogen) atoms. The van der Waals surface area contributed by atoms with Crippen molar-refractivity contribution in [3.8, 4) is 0 Å². The number of aromatic nitrogens is 1. The molecular formula is C6H7N3OS. The molecule has 0 aliphatic heterocycles. The second kappa shape index (κ2) is 3.25. The Morgan fingerprint density at radius 2 is 2.09 bits per heavy atom. The van der Waals surface area contributed by atoms with Crippen LogP contribution in [0.5, 0.6) is 0 Å². The fraction of sp³-hybridized carbons (Fsp3) is 0. The van der Waals surface area contributed by atoms with Crippen LogP contribution >= 0.6 is 12.8 Å². The Hall–Kier alpha value is -1.23. The van der Waals surface area contributed by atoms with Crippen LogP contribution in [0, 0.1) is 0 Å². The summed E-state index contributed by atoms with van der Waals surface area (Å²) in [5, 5.41) is 0. The summed E-state index contributed by atoms with van der Waals surface area (Å²) < 4.78 is 1.04. The van der Waals surface area contributed by atoms with Gasteiger partial charge in [0.25, 0.3) is 0 Å². The Labute approximate surface area is 69.6 Å². The number of rotatable bonds is 1. The third-order valence-corrected chi connectivity index (χ3v) is 1.54. The Balaban J connectivity index is 2.85. The van der Waals surface area contributed by atoms with E-state index in [1.165, 1.54) is 0 Å². The Kier molecular flexibility index (Phi) is 2.32. The quantitative estimate of drug-likeness (QED) is 0.611. The molecule has 5 heteroatoms. The van der Waals surface area contributed by atoms with Gasteiger partial charge in [0.05, 0.1) is 5.69 Å². The molecule has 0 saturated heterocycles. The molecule has 1 heterocycles. The van der Waals surface area contributed by atoms with Gasteiger partial charge < -0.3 is 5.73 Å². The van der Waals surface area contributed by atoms with Gasteiger partial charge in [-0.1, -0.05) is 12.8 Å². The van der Waals surface area contributed by atoms with E-state index in [0.717, 1.165) is 4.31 Å². The van der Waals surface area contributed by atoms with Gasteiger partial charge in [0.2, 0.25) is 0 Å². The number of urea groups is 1. The molecule has 0 bridgehead atoms. The van der Waals surface area contributed by atoms with Gasteiger partial charge in [0.15, 0.2) is 0 Å². The summed E-state index contributed by atoms with van der Waals surface area (Å²) in [6.45, 7) is 0. The molecule has 1 rings (SSSR count). The molecule has 0 atom stereocenters. The lowest BCUT2D eigenvalue weighted by Crippen LogP contribution is -2.27. The molecule has 2 N–H and O–H groups in total. The summed E-state index contributed by atoms with van der Waals surface area (Å²) in [6, 6.07) is 2.66. The molecule has 0 fully saturated rings. The molecule has 2 amide bonds. The molecule has 1 aromatic rings. The van der Waals surface area contributed by atoms with E-state index in [2.05, 4.69) is 17.8 Å². The van der Waals surface area contributed by atoms with Gasteiger partial charge in [-0.05, 0) is 12.1 Å². The van der Waals surface area contributed by atoms with Crippen molar-refractivity contribution in [2.75, 3.05) is 4.31 Å². The van der Waals surface area contributed by atoms with Crippen LogP contribution in [0.25, 0.3) is 0 Å². The van der Waals surface area contributed by atoms with E-state index in [-0.39, 0.29) is 0 Å². The van der Waals surface area contributed by atoms with Crippen molar-refractivity contribution in [1.82, 2.24) is 4.98 Å². The van der Waals surface area contributed by atoms with Crippen molar-refractivity contribution in [2.24, 2.45) is 5.73 Å². The Morgan fingerprint density at radius 3 is 2.55 bits per heavy atom. The van der Waals surface area contributed by atoms with Gasteiger partial charge in [0.1, 0.15) is 0 Å². The maximum absolute atomic E-state index is 10.6. The predicted octanol–water partition coefficient (Wildman–Crippen LogP) is 0.812. The van der Waals surface area contributed by atoms with Crippen LogP contribution in [0.1, 0.15) is 0 Å². The topological polar surface area (TPSA) is 59.2 Å². The molecule has 58 valence electrons. The molecular weight excluding hydrogens is 162 g/mol. The van der Waals surface area contributed by atoms with Crippen molar-refractivity contribution >= 4 is 24.5 Å². The minimum Gasteiger partial charge on any atom is -0.350 e. The first-order valence-electron chi connectivity index (χ1n) is 2.90. The average molecular weight is 169 g/mol. The van der Waals surface area contributed by atoms with Crippen molar-refractivity contribution in [3.05, 3.63) is 24.5 Å². The second-order valence-corrected chi connectivity index (χ2v) is 2.26. The van der Waals surface area contributed by atoms with Gasteiger partial charge in [-0.2, -0.15) is 0 Å². The number of hydrogen-bond donors (Lipinski definition) is 2. The third-order valence-electron chi connectivity index (χ3n) is 1.12. The maximum Gasteiger partial charge on any atom is 0.329 e. The summed E-state index contributed by atoms with van der Waals surface area (Å²) in [5.74, 6) is 0. The number of carbonyl (C=O) groups is 1. The molecule has 0 spiro atoms. The van der Waals surface area contributed by atoms with Crippen molar-refractivity contribution in [1.29, 1.82) is 0 Å². The van der Waals surface area contributed by atoms with Gasteiger partial charge >= 0.3 is 6.03 Å². The first-order valence-corrected chi connectivity index (χ1v) is 3.30. The summed E-state index contributed by atoms with van der Waals surface area (Å²) >= 11 is 3.85. The largest absolute Gasteiger partial charge is 0.350 e. The fourth-order valence-corrected chi connectivity index (χ4v) is 0.746. The number of primary amides is 1. The Morgan fingerprint density at radius 1 is 1.55 bits per heavy atom. The van der Waals surface area contributed by atoms with Crippen LogP contribution in [0.3, 0.4) is 0 Å². The smallest absolute Gasteiger partial charge is 0.329 e. The number of nitrogens with two attached hydrogens (primary N) is 1. The van der Waals surface area contributed by atoms with Crippen molar-refractivity contribution in [2.45, 2.75) is 0 Å². The van der Waals surface area contributed by atoms with Gasteiger partial charge in [0, 0.05) is 12.4 Å². The molecule has 0 aliphatic carbocycles. The summed E-state index contributed by atoms with van der Waals surface area (Å²) in [4.78, 5) is 14.3. The monoisotopic (exact) mass is 169 g/mol. The number of carbonyl (C=O) groups excluding carboxylic acids is 1. The summed E-state index contributed by atoms with van der Waals surface area (Å²) in [5.41, 5.74) is 5.57. The number of pyridine rings is 1. The van der Waals surface area contributed by atoms with E-state index < -0.39 is 6.03 Å². The fourth-order valence-electron chi connectivity index (χ4n) is 0.612. The van der Waals surface area contributed by atoms with Gasteiger partial charge in [-0.25, -0.2) is 9.10 Å². The van der Waals surface area contributed by atoms with E-state index in [1.54, 1.807) is 24.5 Å². The van der Waals surface area contributed by atoms with Crippen LogP contribution in [0.15, 0.2) is 24.5 Å². The zero-order valence-corrected chi connectivity index (χ0v) is 6.53. The lowest BCUT2D eigenvalue weighted by atomic mass is 10.4. The number of thiol groups is 1. The minimum absolute atomic E-state index is 0.607. The van der Waals surface area contributed by atoms with E-state index >= 15 is 0 Å².